The van der Waals surface area contributed by atoms with E-state index < -0.39 is 0 Å². The lowest BCUT2D eigenvalue weighted by Crippen LogP contribution is -2.43. The standard InChI is InChI=1S/C12H21N5O/c1-8-12(9(2)16-15-8)14-11(18)7-17-5-3-10(13)4-6-17/h10H,3-7,13H2,1-2H3,(H,14,18)(H,15,16). The summed E-state index contributed by atoms with van der Waals surface area (Å²) in [6.07, 6.45) is 1.94. The molecule has 0 spiro atoms. The first-order valence-corrected chi connectivity index (χ1v) is 6.35. The van der Waals surface area contributed by atoms with Crippen LogP contribution in [-0.2, 0) is 4.79 Å². The molecule has 1 aromatic rings. The molecule has 6 nitrogen and oxygen atoms in total. The van der Waals surface area contributed by atoms with Crippen molar-refractivity contribution in [3.8, 4) is 0 Å². The fourth-order valence-corrected chi connectivity index (χ4v) is 2.23. The minimum atomic E-state index is 0.0121. The number of carbonyl (C=O) groups excluding carboxylic acids is 1. The van der Waals surface area contributed by atoms with Gasteiger partial charge in [0.05, 0.1) is 23.6 Å². The summed E-state index contributed by atoms with van der Waals surface area (Å²) in [5.74, 6) is 0.0121. The molecule has 0 aliphatic carbocycles. The minimum absolute atomic E-state index is 0.0121. The molecule has 100 valence electrons. The van der Waals surface area contributed by atoms with E-state index in [9.17, 15) is 4.79 Å². The second-order valence-corrected chi connectivity index (χ2v) is 4.97. The van der Waals surface area contributed by atoms with Crippen LogP contribution in [0.4, 0.5) is 5.69 Å². The van der Waals surface area contributed by atoms with Gasteiger partial charge in [-0.1, -0.05) is 0 Å². The van der Waals surface area contributed by atoms with E-state index in [-0.39, 0.29) is 5.91 Å². The Morgan fingerprint density at radius 2 is 2.17 bits per heavy atom. The highest BCUT2D eigenvalue weighted by Crippen LogP contribution is 2.16. The number of H-pyrrole nitrogens is 1. The van der Waals surface area contributed by atoms with Crippen LogP contribution < -0.4 is 11.1 Å². The number of aryl methyl sites for hydroxylation is 2. The molecular formula is C12H21N5O. The van der Waals surface area contributed by atoms with Crippen molar-refractivity contribution in [3.63, 3.8) is 0 Å². The quantitative estimate of drug-likeness (QED) is 0.725. The van der Waals surface area contributed by atoms with Crippen LogP contribution in [0.15, 0.2) is 0 Å². The number of aromatic nitrogens is 2. The average molecular weight is 251 g/mol. The second kappa shape index (κ2) is 5.49. The van der Waals surface area contributed by atoms with Gasteiger partial charge in [0.2, 0.25) is 5.91 Å². The molecule has 1 saturated heterocycles. The van der Waals surface area contributed by atoms with Crippen molar-refractivity contribution in [2.45, 2.75) is 32.7 Å². The third kappa shape index (κ3) is 3.08. The van der Waals surface area contributed by atoms with Crippen molar-refractivity contribution in [3.05, 3.63) is 11.4 Å². The van der Waals surface area contributed by atoms with Crippen LogP contribution >= 0.6 is 0 Å². The highest BCUT2D eigenvalue weighted by molar-refractivity contribution is 5.93. The molecule has 0 radical (unpaired) electrons. The smallest absolute Gasteiger partial charge is 0.238 e. The molecule has 18 heavy (non-hydrogen) atoms. The van der Waals surface area contributed by atoms with Gasteiger partial charge in [-0.25, -0.2) is 0 Å². The molecule has 0 bridgehead atoms. The number of anilines is 1. The number of amides is 1. The van der Waals surface area contributed by atoms with E-state index in [4.69, 9.17) is 5.73 Å². The third-order valence-corrected chi connectivity index (χ3v) is 3.39. The number of hydrogen-bond acceptors (Lipinski definition) is 4. The van der Waals surface area contributed by atoms with Gasteiger partial charge in [0.15, 0.2) is 0 Å². The maximum Gasteiger partial charge on any atom is 0.238 e. The highest BCUT2D eigenvalue weighted by Gasteiger charge is 2.19. The summed E-state index contributed by atoms with van der Waals surface area (Å²) in [4.78, 5) is 14.1. The lowest BCUT2D eigenvalue weighted by atomic mass is 10.1. The van der Waals surface area contributed by atoms with Crippen LogP contribution in [0.3, 0.4) is 0 Å². The molecule has 0 atom stereocenters. The van der Waals surface area contributed by atoms with Gasteiger partial charge in [0.1, 0.15) is 0 Å². The lowest BCUT2D eigenvalue weighted by molar-refractivity contribution is -0.117. The molecule has 2 rings (SSSR count). The van der Waals surface area contributed by atoms with E-state index in [2.05, 4.69) is 20.4 Å². The zero-order valence-corrected chi connectivity index (χ0v) is 11.0. The van der Waals surface area contributed by atoms with Crippen molar-refractivity contribution in [1.29, 1.82) is 0 Å². The molecule has 6 heteroatoms. The molecule has 1 aliphatic rings. The third-order valence-electron chi connectivity index (χ3n) is 3.39. The Morgan fingerprint density at radius 3 is 2.72 bits per heavy atom. The Morgan fingerprint density at radius 1 is 1.50 bits per heavy atom. The molecular weight excluding hydrogens is 230 g/mol. The van der Waals surface area contributed by atoms with Gasteiger partial charge in [-0.3, -0.25) is 14.8 Å². The van der Waals surface area contributed by atoms with Crippen molar-refractivity contribution in [1.82, 2.24) is 15.1 Å². The normalized spacial score (nSPS) is 17.9. The number of likely N-dealkylation sites (tertiary alicyclic amines) is 1. The first kappa shape index (κ1) is 13.0. The number of nitrogens with two attached hydrogens (primary N) is 1. The monoisotopic (exact) mass is 251 g/mol. The number of aromatic amines is 1. The summed E-state index contributed by atoms with van der Waals surface area (Å²) in [5.41, 5.74) is 8.35. The maximum absolute atomic E-state index is 11.9. The summed E-state index contributed by atoms with van der Waals surface area (Å²) >= 11 is 0. The zero-order valence-electron chi connectivity index (χ0n) is 11.0. The number of carbonyl (C=O) groups is 1. The molecule has 0 saturated carbocycles. The van der Waals surface area contributed by atoms with Gasteiger partial charge >= 0.3 is 0 Å². The molecule has 1 amide bonds. The summed E-state index contributed by atoms with van der Waals surface area (Å²) in [6, 6.07) is 0.294. The zero-order chi connectivity index (χ0) is 13.1. The van der Waals surface area contributed by atoms with Crippen LogP contribution in [0.2, 0.25) is 0 Å². The van der Waals surface area contributed by atoms with Gasteiger partial charge in [0.25, 0.3) is 0 Å². The Bertz CT molecular complexity index is 401. The predicted octanol–water partition coefficient (Wildman–Crippen LogP) is 0.388. The fourth-order valence-electron chi connectivity index (χ4n) is 2.23. The molecule has 2 heterocycles. The molecule has 1 aromatic heterocycles. The molecule has 0 unspecified atom stereocenters. The Kier molecular flexibility index (Phi) is 3.98. The number of nitrogens with one attached hydrogen (secondary N) is 2. The summed E-state index contributed by atoms with van der Waals surface area (Å²) in [6.45, 7) is 6.00. The van der Waals surface area contributed by atoms with Crippen LogP contribution in [0, 0.1) is 13.8 Å². The summed E-state index contributed by atoms with van der Waals surface area (Å²) < 4.78 is 0. The lowest BCUT2D eigenvalue weighted by Gasteiger charge is -2.29. The van der Waals surface area contributed by atoms with E-state index in [1.54, 1.807) is 0 Å². The molecule has 1 fully saturated rings. The van der Waals surface area contributed by atoms with Crippen LogP contribution in [0.1, 0.15) is 24.2 Å². The molecule has 4 N–H and O–H groups in total. The van der Waals surface area contributed by atoms with E-state index in [1.807, 2.05) is 13.8 Å². The Balaban J connectivity index is 1.86. The van der Waals surface area contributed by atoms with Crippen LogP contribution in [-0.4, -0.2) is 46.7 Å². The van der Waals surface area contributed by atoms with Crippen molar-refractivity contribution in [2.75, 3.05) is 25.0 Å². The fraction of sp³-hybridized carbons (Fsp3) is 0.667. The number of hydrogen-bond donors (Lipinski definition) is 3. The van der Waals surface area contributed by atoms with E-state index in [1.165, 1.54) is 0 Å². The highest BCUT2D eigenvalue weighted by atomic mass is 16.2. The van der Waals surface area contributed by atoms with E-state index >= 15 is 0 Å². The first-order chi connectivity index (χ1) is 8.56. The van der Waals surface area contributed by atoms with Gasteiger partial charge in [-0.15, -0.1) is 0 Å². The number of rotatable bonds is 3. The molecule has 0 aromatic carbocycles. The average Bonchev–Trinajstić information content (AvgIpc) is 2.64. The Labute approximate surface area is 107 Å². The topological polar surface area (TPSA) is 87.0 Å². The van der Waals surface area contributed by atoms with Crippen molar-refractivity contribution in [2.24, 2.45) is 5.73 Å². The summed E-state index contributed by atoms with van der Waals surface area (Å²) in [7, 11) is 0. The van der Waals surface area contributed by atoms with Crippen molar-refractivity contribution >= 4 is 11.6 Å². The largest absolute Gasteiger partial charge is 0.328 e. The summed E-state index contributed by atoms with van der Waals surface area (Å²) in [5, 5.41) is 9.82. The maximum atomic E-state index is 11.9. The molecule has 1 aliphatic heterocycles. The van der Waals surface area contributed by atoms with E-state index in [0.29, 0.717) is 12.6 Å². The number of piperidine rings is 1. The Hall–Kier alpha value is -1.40. The van der Waals surface area contributed by atoms with Gasteiger partial charge < -0.3 is 11.1 Å². The van der Waals surface area contributed by atoms with Crippen LogP contribution in [0.5, 0.6) is 0 Å². The van der Waals surface area contributed by atoms with Gasteiger partial charge in [-0.2, -0.15) is 5.10 Å². The minimum Gasteiger partial charge on any atom is -0.328 e. The van der Waals surface area contributed by atoms with Crippen LogP contribution in [0.25, 0.3) is 0 Å². The van der Waals surface area contributed by atoms with Gasteiger partial charge in [0, 0.05) is 19.1 Å². The van der Waals surface area contributed by atoms with Gasteiger partial charge in [-0.05, 0) is 26.7 Å². The predicted molar refractivity (Wildman–Crippen MR) is 70.3 cm³/mol. The van der Waals surface area contributed by atoms with Crippen molar-refractivity contribution < 1.29 is 4.79 Å². The SMILES string of the molecule is Cc1n[nH]c(C)c1NC(=O)CN1CCC(N)CC1. The first-order valence-electron chi connectivity index (χ1n) is 6.35. The van der Waals surface area contributed by atoms with E-state index in [0.717, 1.165) is 43.0 Å². The number of nitrogens with zero attached hydrogens (tertiary/aromatic N) is 2. The second-order valence-electron chi connectivity index (χ2n) is 4.97.